The van der Waals surface area contributed by atoms with Gasteiger partial charge in [-0.15, -0.1) is 0 Å². The first-order chi connectivity index (χ1) is 13.2. The second kappa shape index (κ2) is 7.43. The molecular formula is C18H13ClF3N3O3. The van der Waals surface area contributed by atoms with Crippen LogP contribution >= 0.6 is 11.6 Å². The predicted octanol–water partition coefficient (Wildman–Crippen LogP) is 4.51. The number of methoxy groups -OCH3 is 1. The third-order valence-electron chi connectivity index (χ3n) is 3.76. The molecule has 28 heavy (non-hydrogen) atoms. The molecule has 0 saturated heterocycles. The van der Waals surface area contributed by atoms with E-state index >= 15 is 0 Å². The van der Waals surface area contributed by atoms with Gasteiger partial charge < -0.3 is 15.2 Å². The number of benzene rings is 2. The van der Waals surface area contributed by atoms with Crippen LogP contribution in [0.4, 0.5) is 18.9 Å². The quantitative estimate of drug-likeness (QED) is 0.619. The predicted molar refractivity (Wildman–Crippen MR) is 96.2 cm³/mol. The van der Waals surface area contributed by atoms with Gasteiger partial charge in [0.1, 0.15) is 5.75 Å². The summed E-state index contributed by atoms with van der Waals surface area (Å²) < 4.78 is 45.0. The first-order valence-electron chi connectivity index (χ1n) is 7.80. The van der Waals surface area contributed by atoms with Crippen LogP contribution in [-0.4, -0.2) is 27.9 Å². The molecule has 0 saturated carbocycles. The third kappa shape index (κ3) is 4.04. The highest BCUT2D eigenvalue weighted by atomic mass is 35.5. The van der Waals surface area contributed by atoms with Crippen molar-refractivity contribution in [1.82, 2.24) is 9.78 Å². The minimum atomic E-state index is -4.52. The van der Waals surface area contributed by atoms with Crippen LogP contribution in [0, 0.1) is 0 Å². The van der Waals surface area contributed by atoms with E-state index in [2.05, 4.69) is 10.4 Å². The molecule has 0 spiro atoms. The van der Waals surface area contributed by atoms with Crippen molar-refractivity contribution in [3.63, 3.8) is 0 Å². The van der Waals surface area contributed by atoms with Gasteiger partial charge in [-0.1, -0.05) is 17.7 Å². The van der Waals surface area contributed by atoms with Crippen molar-refractivity contribution < 1.29 is 27.8 Å². The summed E-state index contributed by atoms with van der Waals surface area (Å²) in [4.78, 5) is 12.5. The summed E-state index contributed by atoms with van der Waals surface area (Å²) in [6, 6.07) is 8.55. The van der Waals surface area contributed by atoms with Gasteiger partial charge in [-0.25, -0.2) is 4.68 Å². The largest absolute Gasteiger partial charge is 0.506 e. The number of carbonyl (C=O) groups excluding carboxylic acids is 1. The Morgan fingerprint density at radius 1 is 1.25 bits per heavy atom. The molecule has 146 valence electrons. The standard InChI is InChI=1S/C18H13ClF3N3O3/c1-28-15-9-25(12-4-2-3-10(7-12)18(20,21)22)24-16(15)17(27)23-13-8-11(19)5-6-14(13)26/h2-9,26H,1H3,(H,23,27). The summed E-state index contributed by atoms with van der Waals surface area (Å²) >= 11 is 5.84. The fraction of sp³-hybridized carbons (Fsp3) is 0.111. The maximum atomic E-state index is 12.9. The Kier molecular flexibility index (Phi) is 5.19. The van der Waals surface area contributed by atoms with E-state index in [4.69, 9.17) is 16.3 Å². The van der Waals surface area contributed by atoms with Crippen LogP contribution < -0.4 is 10.1 Å². The van der Waals surface area contributed by atoms with Crippen molar-refractivity contribution in [3.05, 3.63) is 64.9 Å². The second-order valence-corrected chi connectivity index (χ2v) is 6.09. The molecule has 0 atom stereocenters. The molecule has 1 aromatic heterocycles. The Bertz CT molecular complexity index is 1030. The molecule has 3 rings (SSSR count). The van der Waals surface area contributed by atoms with Crippen LogP contribution in [-0.2, 0) is 6.18 Å². The SMILES string of the molecule is COc1cn(-c2cccc(C(F)(F)F)c2)nc1C(=O)Nc1cc(Cl)ccc1O. The number of aromatic nitrogens is 2. The molecule has 0 radical (unpaired) electrons. The minimum Gasteiger partial charge on any atom is -0.506 e. The van der Waals surface area contributed by atoms with Crippen molar-refractivity contribution in [3.8, 4) is 17.2 Å². The van der Waals surface area contributed by atoms with Crippen LogP contribution in [0.2, 0.25) is 5.02 Å². The highest BCUT2D eigenvalue weighted by molar-refractivity contribution is 6.31. The molecule has 2 aromatic carbocycles. The lowest BCUT2D eigenvalue weighted by Gasteiger charge is -2.08. The van der Waals surface area contributed by atoms with E-state index in [1.165, 1.54) is 43.6 Å². The van der Waals surface area contributed by atoms with E-state index in [9.17, 15) is 23.1 Å². The first-order valence-corrected chi connectivity index (χ1v) is 8.18. The lowest BCUT2D eigenvalue weighted by molar-refractivity contribution is -0.137. The van der Waals surface area contributed by atoms with Crippen LogP contribution in [0.25, 0.3) is 5.69 Å². The minimum absolute atomic E-state index is 0.0384. The summed E-state index contributed by atoms with van der Waals surface area (Å²) in [5, 5.41) is 16.6. The number of rotatable bonds is 4. The fourth-order valence-electron chi connectivity index (χ4n) is 2.41. The zero-order valence-corrected chi connectivity index (χ0v) is 15.0. The molecule has 6 nitrogen and oxygen atoms in total. The number of aromatic hydroxyl groups is 1. The highest BCUT2D eigenvalue weighted by Gasteiger charge is 2.30. The molecule has 0 aliphatic rings. The Morgan fingerprint density at radius 2 is 2.00 bits per heavy atom. The van der Waals surface area contributed by atoms with Crippen LogP contribution in [0.3, 0.4) is 0 Å². The maximum Gasteiger partial charge on any atom is 0.416 e. The molecule has 2 N–H and O–H groups in total. The number of hydrogen-bond acceptors (Lipinski definition) is 4. The Hall–Kier alpha value is -3.20. The number of phenolic OH excluding ortho intramolecular Hbond substituents is 1. The Labute approximate surface area is 162 Å². The number of phenols is 1. The number of hydrogen-bond donors (Lipinski definition) is 2. The van der Waals surface area contributed by atoms with E-state index in [-0.39, 0.29) is 33.6 Å². The smallest absolute Gasteiger partial charge is 0.416 e. The van der Waals surface area contributed by atoms with Crippen LogP contribution in [0.15, 0.2) is 48.7 Å². The van der Waals surface area contributed by atoms with Gasteiger partial charge in [0.15, 0.2) is 11.4 Å². The zero-order chi connectivity index (χ0) is 20.5. The van der Waals surface area contributed by atoms with Crippen molar-refractivity contribution in [2.24, 2.45) is 0 Å². The first kappa shape index (κ1) is 19.6. The molecule has 10 heteroatoms. The monoisotopic (exact) mass is 411 g/mol. The summed E-state index contributed by atoms with van der Waals surface area (Å²) in [6.45, 7) is 0. The van der Waals surface area contributed by atoms with Crippen molar-refractivity contribution >= 4 is 23.2 Å². The molecule has 1 amide bonds. The average Bonchev–Trinajstić information content (AvgIpc) is 3.09. The highest BCUT2D eigenvalue weighted by Crippen LogP contribution is 2.31. The molecule has 0 fully saturated rings. The number of amides is 1. The molecule has 0 unspecified atom stereocenters. The molecule has 0 bridgehead atoms. The number of carbonyl (C=O) groups is 1. The van der Waals surface area contributed by atoms with Crippen molar-refractivity contribution in [2.75, 3.05) is 12.4 Å². The van der Waals surface area contributed by atoms with Gasteiger partial charge in [-0.2, -0.15) is 18.3 Å². The number of alkyl halides is 3. The summed E-state index contributed by atoms with van der Waals surface area (Å²) in [5.41, 5.74) is -0.889. The Morgan fingerprint density at radius 3 is 2.68 bits per heavy atom. The van der Waals surface area contributed by atoms with Crippen molar-refractivity contribution in [1.29, 1.82) is 0 Å². The van der Waals surface area contributed by atoms with Crippen molar-refractivity contribution in [2.45, 2.75) is 6.18 Å². The summed E-state index contributed by atoms with van der Waals surface area (Å²) in [6.07, 6.45) is -3.24. The topological polar surface area (TPSA) is 76.4 Å². The van der Waals surface area contributed by atoms with Crippen LogP contribution in [0.1, 0.15) is 16.1 Å². The molecule has 1 heterocycles. The van der Waals surface area contributed by atoms with Gasteiger partial charge in [0.25, 0.3) is 5.91 Å². The molecule has 0 aliphatic carbocycles. The van der Waals surface area contributed by atoms with Gasteiger partial charge in [0.2, 0.25) is 0 Å². The van der Waals surface area contributed by atoms with Gasteiger partial charge >= 0.3 is 6.18 Å². The molecular weight excluding hydrogens is 399 g/mol. The maximum absolute atomic E-state index is 12.9. The average molecular weight is 412 g/mol. The van der Waals surface area contributed by atoms with Crippen LogP contribution in [0.5, 0.6) is 11.5 Å². The number of nitrogens with zero attached hydrogens (tertiary/aromatic N) is 2. The third-order valence-corrected chi connectivity index (χ3v) is 4.00. The lowest BCUT2D eigenvalue weighted by atomic mass is 10.2. The van der Waals surface area contributed by atoms with E-state index in [1.54, 1.807) is 0 Å². The van der Waals surface area contributed by atoms with Gasteiger partial charge in [-0.3, -0.25) is 4.79 Å². The number of nitrogens with one attached hydrogen (secondary N) is 1. The summed E-state index contributed by atoms with van der Waals surface area (Å²) in [7, 11) is 1.29. The van der Waals surface area contributed by atoms with E-state index in [0.29, 0.717) is 0 Å². The summed E-state index contributed by atoms with van der Waals surface area (Å²) in [5.74, 6) is -0.911. The number of halogens is 4. The Balaban J connectivity index is 1.95. The second-order valence-electron chi connectivity index (χ2n) is 5.65. The fourth-order valence-corrected chi connectivity index (χ4v) is 2.58. The van der Waals surface area contributed by atoms with Gasteiger partial charge in [-0.05, 0) is 36.4 Å². The zero-order valence-electron chi connectivity index (χ0n) is 14.3. The number of anilines is 1. The molecule has 3 aromatic rings. The normalized spacial score (nSPS) is 11.3. The van der Waals surface area contributed by atoms with E-state index < -0.39 is 17.6 Å². The lowest BCUT2D eigenvalue weighted by Crippen LogP contribution is -2.14. The van der Waals surface area contributed by atoms with E-state index in [0.717, 1.165) is 16.8 Å². The van der Waals surface area contributed by atoms with Gasteiger partial charge in [0, 0.05) is 5.02 Å². The number of ether oxygens (including phenoxy) is 1. The molecule has 0 aliphatic heterocycles. The van der Waals surface area contributed by atoms with E-state index in [1.807, 2.05) is 0 Å². The van der Waals surface area contributed by atoms with Gasteiger partial charge in [0.05, 0.1) is 30.2 Å².